The van der Waals surface area contributed by atoms with Gasteiger partial charge in [-0.2, -0.15) is 12.7 Å². The maximum atomic E-state index is 12.1. The van der Waals surface area contributed by atoms with E-state index in [4.69, 9.17) is 5.14 Å². The average Bonchev–Trinajstić information content (AvgIpc) is 2.40. The molecule has 1 saturated heterocycles. The lowest BCUT2D eigenvalue weighted by molar-refractivity contribution is -0.131. The minimum Gasteiger partial charge on any atom is -0.508 e. The Morgan fingerprint density at radius 1 is 1.15 bits per heavy atom. The van der Waals surface area contributed by atoms with Crippen molar-refractivity contribution >= 4 is 16.1 Å². The Balaban J connectivity index is 1.90. The van der Waals surface area contributed by atoms with Crippen molar-refractivity contribution in [1.82, 2.24) is 9.21 Å². The van der Waals surface area contributed by atoms with E-state index >= 15 is 0 Å². The molecule has 0 aromatic heterocycles. The van der Waals surface area contributed by atoms with E-state index in [1.54, 1.807) is 17.0 Å². The zero-order valence-electron chi connectivity index (χ0n) is 10.9. The van der Waals surface area contributed by atoms with Crippen LogP contribution in [0.2, 0.25) is 0 Å². The minimum atomic E-state index is -3.67. The van der Waals surface area contributed by atoms with Gasteiger partial charge >= 0.3 is 0 Å². The summed E-state index contributed by atoms with van der Waals surface area (Å²) in [5.74, 6) is 0.0905. The standard InChI is InChI=1S/C12H17N3O4S/c13-20(18,19)15-7-5-14(6-8-15)12(17)9-10-1-3-11(16)4-2-10/h1-4,16H,5-9H2,(H2,13,18,19). The van der Waals surface area contributed by atoms with Crippen LogP contribution < -0.4 is 5.14 Å². The number of phenolic OH excluding ortho intramolecular Hbond substituents is 1. The van der Waals surface area contributed by atoms with E-state index in [-0.39, 0.29) is 31.2 Å². The lowest BCUT2D eigenvalue weighted by Gasteiger charge is -2.33. The summed E-state index contributed by atoms with van der Waals surface area (Å²) < 4.78 is 23.5. The molecule has 1 amide bonds. The smallest absolute Gasteiger partial charge is 0.277 e. The molecule has 3 N–H and O–H groups in total. The third-order valence-corrected chi connectivity index (χ3v) is 4.33. The van der Waals surface area contributed by atoms with Gasteiger partial charge in [0.25, 0.3) is 10.2 Å². The van der Waals surface area contributed by atoms with Crippen molar-refractivity contribution in [3.05, 3.63) is 29.8 Å². The van der Waals surface area contributed by atoms with Crippen molar-refractivity contribution in [3.8, 4) is 5.75 Å². The summed E-state index contributed by atoms with van der Waals surface area (Å²) in [6.07, 6.45) is 0.232. The van der Waals surface area contributed by atoms with E-state index in [1.807, 2.05) is 0 Å². The SMILES string of the molecule is NS(=O)(=O)N1CCN(C(=O)Cc2ccc(O)cc2)CC1. The molecule has 0 aliphatic carbocycles. The van der Waals surface area contributed by atoms with Crippen LogP contribution >= 0.6 is 0 Å². The number of benzene rings is 1. The number of aromatic hydroxyl groups is 1. The number of carbonyl (C=O) groups is 1. The quantitative estimate of drug-likeness (QED) is 0.768. The lowest BCUT2D eigenvalue weighted by Crippen LogP contribution is -2.52. The highest BCUT2D eigenvalue weighted by atomic mass is 32.2. The van der Waals surface area contributed by atoms with Crippen LogP contribution in [0.4, 0.5) is 0 Å². The maximum Gasteiger partial charge on any atom is 0.277 e. The molecule has 1 aliphatic heterocycles. The largest absolute Gasteiger partial charge is 0.508 e. The highest BCUT2D eigenvalue weighted by Crippen LogP contribution is 2.12. The van der Waals surface area contributed by atoms with E-state index in [2.05, 4.69) is 0 Å². The van der Waals surface area contributed by atoms with E-state index in [0.29, 0.717) is 13.1 Å². The molecule has 0 unspecified atom stereocenters. The van der Waals surface area contributed by atoms with Gasteiger partial charge in [0.2, 0.25) is 5.91 Å². The Morgan fingerprint density at radius 3 is 2.20 bits per heavy atom. The Bertz CT molecular complexity index is 577. The molecule has 0 atom stereocenters. The minimum absolute atomic E-state index is 0.0650. The number of rotatable bonds is 3. The highest BCUT2D eigenvalue weighted by molar-refractivity contribution is 7.86. The summed E-state index contributed by atoms with van der Waals surface area (Å²) in [5, 5.41) is 14.2. The van der Waals surface area contributed by atoms with Gasteiger partial charge in [0.15, 0.2) is 0 Å². The topological polar surface area (TPSA) is 104 Å². The van der Waals surface area contributed by atoms with Crippen LogP contribution in [0.5, 0.6) is 5.75 Å². The summed E-state index contributed by atoms with van der Waals surface area (Å²) in [6, 6.07) is 6.44. The molecule has 0 bridgehead atoms. The first kappa shape index (κ1) is 14.8. The Labute approximate surface area is 117 Å². The maximum absolute atomic E-state index is 12.1. The fourth-order valence-corrected chi connectivity index (χ4v) is 2.76. The van der Waals surface area contributed by atoms with Gasteiger partial charge in [-0.15, -0.1) is 0 Å². The van der Waals surface area contributed by atoms with Gasteiger partial charge in [0.1, 0.15) is 5.75 Å². The number of hydrogen-bond acceptors (Lipinski definition) is 4. The first-order chi connectivity index (χ1) is 9.36. The Morgan fingerprint density at radius 2 is 1.70 bits per heavy atom. The Kier molecular flexibility index (Phi) is 4.26. The molecule has 20 heavy (non-hydrogen) atoms. The third-order valence-electron chi connectivity index (χ3n) is 3.24. The van der Waals surface area contributed by atoms with Gasteiger partial charge in [-0.25, -0.2) is 5.14 Å². The van der Waals surface area contributed by atoms with Crippen molar-refractivity contribution in [1.29, 1.82) is 0 Å². The first-order valence-electron chi connectivity index (χ1n) is 6.20. The Hall–Kier alpha value is -1.64. The molecular formula is C12H17N3O4S. The van der Waals surface area contributed by atoms with Gasteiger partial charge in [0, 0.05) is 26.2 Å². The molecule has 1 fully saturated rings. The van der Waals surface area contributed by atoms with Crippen LogP contribution in [0.1, 0.15) is 5.56 Å². The van der Waals surface area contributed by atoms with Gasteiger partial charge < -0.3 is 10.0 Å². The fourth-order valence-electron chi connectivity index (χ4n) is 2.09. The van der Waals surface area contributed by atoms with Crippen molar-refractivity contribution in [3.63, 3.8) is 0 Å². The average molecular weight is 299 g/mol. The van der Waals surface area contributed by atoms with Gasteiger partial charge in [0.05, 0.1) is 6.42 Å². The fraction of sp³-hybridized carbons (Fsp3) is 0.417. The number of carbonyl (C=O) groups excluding carboxylic acids is 1. The van der Waals surface area contributed by atoms with E-state index < -0.39 is 10.2 Å². The summed E-state index contributed by atoms with van der Waals surface area (Å²) in [7, 11) is -3.67. The molecular weight excluding hydrogens is 282 g/mol. The second kappa shape index (κ2) is 5.78. The monoisotopic (exact) mass is 299 g/mol. The van der Waals surface area contributed by atoms with Crippen LogP contribution in [0, 0.1) is 0 Å². The number of phenols is 1. The molecule has 1 aromatic rings. The van der Waals surface area contributed by atoms with E-state index in [0.717, 1.165) is 9.87 Å². The van der Waals surface area contributed by atoms with E-state index in [9.17, 15) is 18.3 Å². The normalized spacial score (nSPS) is 17.1. The number of nitrogens with zero attached hydrogens (tertiary/aromatic N) is 2. The summed E-state index contributed by atoms with van der Waals surface area (Å²) in [5.41, 5.74) is 0.807. The molecule has 0 spiro atoms. The molecule has 1 aromatic carbocycles. The number of amides is 1. The molecule has 0 saturated carbocycles. The van der Waals surface area contributed by atoms with Gasteiger partial charge in [-0.3, -0.25) is 4.79 Å². The molecule has 1 heterocycles. The van der Waals surface area contributed by atoms with Crippen molar-refractivity contribution in [2.75, 3.05) is 26.2 Å². The number of nitrogens with two attached hydrogens (primary N) is 1. The zero-order valence-corrected chi connectivity index (χ0v) is 11.7. The highest BCUT2D eigenvalue weighted by Gasteiger charge is 2.26. The van der Waals surface area contributed by atoms with E-state index in [1.165, 1.54) is 12.1 Å². The van der Waals surface area contributed by atoms with Gasteiger partial charge in [-0.05, 0) is 17.7 Å². The molecule has 1 aliphatic rings. The molecule has 8 heteroatoms. The summed E-state index contributed by atoms with van der Waals surface area (Å²) in [6.45, 7) is 1.13. The molecule has 110 valence electrons. The number of piperazine rings is 1. The summed E-state index contributed by atoms with van der Waals surface area (Å²) in [4.78, 5) is 13.7. The zero-order chi connectivity index (χ0) is 14.8. The second-order valence-electron chi connectivity index (χ2n) is 4.67. The molecule has 7 nitrogen and oxygen atoms in total. The van der Waals surface area contributed by atoms with Crippen LogP contribution in [0.15, 0.2) is 24.3 Å². The first-order valence-corrected chi connectivity index (χ1v) is 7.70. The van der Waals surface area contributed by atoms with Gasteiger partial charge in [-0.1, -0.05) is 12.1 Å². The lowest BCUT2D eigenvalue weighted by atomic mass is 10.1. The van der Waals surface area contributed by atoms with Crippen molar-refractivity contribution < 1.29 is 18.3 Å². The van der Waals surface area contributed by atoms with Crippen LogP contribution in [-0.4, -0.2) is 54.8 Å². The summed E-state index contributed by atoms with van der Waals surface area (Å²) >= 11 is 0. The van der Waals surface area contributed by atoms with Crippen molar-refractivity contribution in [2.24, 2.45) is 5.14 Å². The number of hydrogen-bond donors (Lipinski definition) is 2. The van der Waals surface area contributed by atoms with Crippen LogP contribution in [-0.2, 0) is 21.4 Å². The predicted octanol–water partition coefficient (Wildman–Crippen LogP) is -0.718. The molecule has 2 rings (SSSR count). The third kappa shape index (κ3) is 3.69. The second-order valence-corrected chi connectivity index (χ2v) is 6.21. The predicted molar refractivity (Wildman–Crippen MR) is 73.1 cm³/mol. The van der Waals surface area contributed by atoms with Crippen molar-refractivity contribution in [2.45, 2.75) is 6.42 Å². The van der Waals surface area contributed by atoms with Crippen LogP contribution in [0.25, 0.3) is 0 Å². The molecule has 0 radical (unpaired) electrons. The van der Waals surface area contributed by atoms with Crippen LogP contribution in [0.3, 0.4) is 0 Å².